The van der Waals surface area contributed by atoms with E-state index in [9.17, 15) is 19.1 Å². The van der Waals surface area contributed by atoms with E-state index in [0.29, 0.717) is 11.1 Å². The number of Topliss-reactive ketones (excluding diaryl/α,β-unsaturated/α-hetero) is 1. The lowest BCUT2D eigenvalue weighted by Crippen LogP contribution is -2.29. The zero-order valence-corrected chi connectivity index (χ0v) is 15.2. The highest BCUT2D eigenvalue weighted by atomic mass is 19.1. The third-order valence-corrected chi connectivity index (χ3v) is 4.77. The van der Waals surface area contributed by atoms with Gasteiger partial charge in [-0.15, -0.1) is 0 Å². The summed E-state index contributed by atoms with van der Waals surface area (Å²) in [5.74, 6) is -2.61. The second-order valence-corrected chi connectivity index (χ2v) is 6.55. The number of carbonyl (C=O) groups is 2. The smallest absolute Gasteiger partial charge is 0.295 e. The van der Waals surface area contributed by atoms with Crippen LogP contribution >= 0.6 is 0 Å². The minimum atomic E-state index is -1.07. The molecule has 0 radical (unpaired) electrons. The summed E-state index contributed by atoms with van der Waals surface area (Å²) < 4.78 is 14.7. The Morgan fingerprint density at radius 2 is 1.76 bits per heavy atom. The van der Waals surface area contributed by atoms with Gasteiger partial charge in [-0.3, -0.25) is 19.6 Å². The van der Waals surface area contributed by atoms with Crippen molar-refractivity contribution in [2.24, 2.45) is 0 Å². The first-order valence-electron chi connectivity index (χ1n) is 8.90. The van der Waals surface area contributed by atoms with Crippen LogP contribution in [0.15, 0.2) is 78.9 Å². The molecule has 0 spiro atoms. The molecule has 0 saturated carbocycles. The molecular weight excluding hydrogens is 373 g/mol. The highest BCUT2D eigenvalue weighted by Gasteiger charge is 2.46. The van der Waals surface area contributed by atoms with Crippen molar-refractivity contribution in [1.29, 1.82) is 0 Å². The van der Waals surface area contributed by atoms with Crippen LogP contribution in [0.4, 0.5) is 4.39 Å². The van der Waals surface area contributed by atoms with Gasteiger partial charge in [-0.1, -0.05) is 24.3 Å². The van der Waals surface area contributed by atoms with E-state index in [2.05, 4.69) is 9.97 Å². The first kappa shape index (κ1) is 18.5. The Kier molecular flexibility index (Phi) is 4.87. The van der Waals surface area contributed by atoms with Crippen LogP contribution in [0.2, 0.25) is 0 Å². The normalized spacial score (nSPS) is 18.2. The number of nitrogens with zero attached hydrogens (tertiary/aromatic N) is 3. The maximum Gasteiger partial charge on any atom is 0.295 e. The molecule has 4 rings (SSSR count). The van der Waals surface area contributed by atoms with Crippen LogP contribution in [0.25, 0.3) is 5.76 Å². The molecule has 144 valence electrons. The lowest BCUT2D eigenvalue weighted by Gasteiger charge is -2.25. The summed E-state index contributed by atoms with van der Waals surface area (Å²) in [6.07, 6.45) is 6.08. The average Bonchev–Trinajstić information content (AvgIpc) is 3.00. The van der Waals surface area contributed by atoms with Gasteiger partial charge in [0, 0.05) is 42.5 Å². The lowest BCUT2D eigenvalue weighted by molar-refractivity contribution is -0.140. The van der Waals surface area contributed by atoms with Crippen LogP contribution in [-0.4, -0.2) is 31.7 Å². The molecule has 1 fully saturated rings. The molecule has 6 nitrogen and oxygen atoms in total. The van der Waals surface area contributed by atoms with E-state index in [-0.39, 0.29) is 23.4 Å². The largest absolute Gasteiger partial charge is 0.507 e. The molecule has 7 heteroatoms. The van der Waals surface area contributed by atoms with Gasteiger partial charge in [0.1, 0.15) is 11.6 Å². The van der Waals surface area contributed by atoms with Gasteiger partial charge in [-0.2, -0.15) is 0 Å². The summed E-state index contributed by atoms with van der Waals surface area (Å²) >= 11 is 0. The van der Waals surface area contributed by atoms with Crippen LogP contribution < -0.4 is 0 Å². The Balaban J connectivity index is 1.89. The number of ketones is 1. The maximum absolute atomic E-state index is 14.7. The van der Waals surface area contributed by atoms with E-state index >= 15 is 0 Å². The first-order valence-corrected chi connectivity index (χ1v) is 8.90. The highest BCUT2D eigenvalue weighted by molar-refractivity contribution is 6.46. The van der Waals surface area contributed by atoms with E-state index < -0.39 is 23.5 Å². The minimum Gasteiger partial charge on any atom is -0.507 e. The van der Waals surface area contributed by atoms with Gasteiger partial charge in [0.15, 0.2) is 0 Å². The number of pyridine rings is 2. The van der Waals surface area contributed by atoms with Gasteiger partial charge in [-0.05, 0) is 29.8 Å². The number of carbonyl (C=O) groups excluding carboxylic acids is 2. The van der Waals surface area contributed by atoms with Gasteiger partial charge < -0.3 is 10.0 Å². The van der Waals surface area contributed by atoms with Gasteiger partial charge in [0.2, 0.25) is 0 Å². The van der Waals surface area contributed by atoms with Crippen molar-refractivity contribution in [3.05, 3.63) is 101 Å². The van der Waals surface area contributed by atoms with E-state index in [1.165, 1.54) is 47.6 Å². The molecule has 3 aromatic rings. The number of aliphatic hydroxyl groups excluding tert-OH is 1. The zero-order chi connectivity index (χ0) is 20.4. The fourth-order valence-electron chi connectivity index (χ4n) is 3.42. The van der Waals surface area contributed by atoms with Crippen molar-refractivity contribution in [2.75, 3.05) is 0 Å². The molecule has 0 bridgehead atoms. The Hall–Kier alpha value is -3.87. The number of halogens is 1. The van der Waals surface area contributed by atoms with E-state index in [0.717, 1.165) is 0 Å². The second kappa shape index (κ2) is 7.63. The molecule has 1 unspecified atom stereocenters. The van der Waals surface area contributed by atoms with Gasteiger partial charge in [0.25, 0.3) is 11.7 Å². The van der Waals surface area contributed by atoms with Crippen molar-refractivity contribution in [3.63, 3.8) is 0 Å². The molecule has 1 amide bonds. The SMILES string of the molecule is O=C1C(=O)N(Cc2cccnc2)C(c2ccccc2F)/C1=C(\O)c1ccncc1. The van der Waals surface area contributed by atoms with Crippen molar-refractivity contribution in [3.8, 4) is 0 Å². The van der Waals surface area contributed by atoms with Crippen molar-refractivity contribution >= 4 is 17.4 Å². The maximum atomic E-state index is 14.7. The first-order chi connectivity index (χ1) is 14.1. The third kappa shape index (κ3) is 3.38. The summed E-state index contributed by atoms with van der Waals surface area (Å²) in [4.78, 5) is 34.8. The van der Waals surface area contributed by atoms with Crippen LogP contribution in [0.3, 0.4) is 0 Å². The summed E-state index contributed by atoms with van der Waals surface area (Å²) in [5.41, 5.74) is 0.974. The summed E-state index contributed by atoms with van der Waals surface area (Å²) in [6.45, 7) is 0.0462. The molecular formula is C22H16FN3O3. The lowest BCUT2D eigenvalue weighted by atomic mass is 9.95. The molecule has 29 heavy (non-hydrogen) atoms. The Labute approximate surface area is 166 Å². The van der Waals surface area contributed by atoms with Crippen LogP contribution in [0.5, 0.6) is 0 Å². The van der Waals surface area contributed by atoms with Crippen molar-refractivity contribution < 1.29 is 19.1 Å². The number of hydrogen-bond acceptors (Lipinski definition) is 5. The Morgan fingerprint density at radius 1 is 1.00 bits per heavy atom. The van der Waals surface area contributed by atoms with Crippen LogP contribution in [0, 0.1) is 5.82 Å². The summed E-state index contributed by atoms with van der Waals surface area (Å²) in [5, 5.41) is 10.8. The van der Waals surface area contributed by atoms with Gasteiger partial charge >= 0.3 is 0 Å². The Bertz CT molecular complexity index is 1100. The molecule has 3 heterocycles. The van der Waals surface area contributed by atoms with Crippen molar-refractivity contribution in [2.45, 2.75) is 12.6 Å². The van der Waals surface area contributed by atoms with E-state index in [1.807, 2.05) is 0 Å². The number of benzene rings is 1. The van der Waals surface area contributed by atoms with Crippen LogP contribution in [0.1, 0.15) is 22.7 Å². The number of rotatable bonds is 4. The molecule has 1 aliphatic heterocycles. The number of hydrogen-bond donors (Lipinski definition) is 1. The van der Waals surface area contributed by atoms with Gasteiger partial charge in [0.05, 0.1) is 11.6 Å². The molecule has 0 aliphatic carbocycles. The fourth-order valence-corrected chi connectivity index (χ4v) is 3.42. The molecule has 1 atom stereocenters. The highest BCUT2D eigenvalue weighted by Crippen LogP contribution is 2.40. The second-order valence-electron chi connectivity index (χ2n) is 6.55. The predicted molar refractivity (Wildman–Crippen MR) is 103 cm³/mol. The number of aliphatic hydroxyl groups is 1. The predicted octanol–water partition coefficient (Wildman–Crippen LogP) is 3.24. The number of likely N-dealkylation sites (tertiary alicyclic amines) is 1. The third-order valence-electron chi connectivity index (χ3n) is 4.77. The molecule has 1 aliphatic rings. The van der Waals surface area contributed by atoms with Crippen molar-refractivity contribution in [1.82, 2.24) is 14.9 Å². The quantitative estimate of drug-likeness (QED) is 0.421. The number of aromatic nitrogens is 2. The summed E-state index contributed by atoms with van der Waals surface area (Å²) in [7, 11) is 0. The monoisotopic (exact) mass is 389 g/mol. The van der Waals surface area contributed by atoms with E-state index in [4.69, 9.17) is 0 Å². The van der Waals surface area contributed by atoms with E-state index in [1.54, 1.807) is 30.6 Å². The van der Waals surface area contributed by atoms with Gasteiger partial charge in [-0.25, -0.2) is 4.39 Å². The molecule has 2 aromatic heterocycles. The summed E-state index contributed by atoms with van der Waals surface area (Å²) in [6, 6.07) is 11.3. The zero-order valence-electron chi connectivity index (χ0n) is 15.2. The molecule has 1 aromatic carbocycles. The average molecular weight is 389 g/mol. The topological polar surface area (TPSA) is 83.4 Å². The standard InChI is InChI=1S/C22H16FN3O3/c23-17-6-2-1-5-16(17)19-18(20(27)15-7-10-24-11-8-15)21(28)22(29)26(19)13-14-4-3-9-25-12-14/h1-12,19,27H,13H2/b20-18+. The fraction of sp³-hybridized carbons (Fsp3) is 0.0909. The van der Waals surface area contributed by atoms with Crippen LogP contribution in [-0.2, 0) is 16.1 Å². The molecule has 1 saturated heterocycles. The molecule has 1 N–H and O–H groups in total. The Morgan fingerprint density at radius 3 is 2.45 bits per heavy atom. The number of amides is 1. The minimum absolute atomic E-state index is 0.0462.